The third-order valence-corrected chi connectivity index (χ3v) is 3.94. The van der Waals surface area contributed by atoms with Crippen LogP contribution >= 0.6 is 0 Å². The number of aliphatic hydroxyl groups excluding tert-OH is 1. The maximum Gasteiger partial charge on any atom is 0.0820 e. The molecule has 0 aliphatic heterocycles. The van der Waals surface area contributed by atoms with Crippen LogP contribution in [-0.4, -0.2) is 14.9 Å². The second kappa shape index (κ2) is 10.9. The van der Waals surface area contributed by atoms with Crippen molar-refractivity contribution in [3.63, 3.8) is 0 Å². The summed E-state index contributed by atoms with van der Waals surface area (Å²) >= 11 is 0. The van der Waals surface area contributed by atoms with Crippen LogP contribution in [0.2, 0.25) is 0 Å². The van der Waals surface area contributed by atoms with E-state index >= 15 is 0 Å². The number of aliphatic hydroxyl groups is 1. The van der Waals surface area contributed by atoms with Gasteiger partial charge in [0, 0.05) is 18.8 Å². The monoisotopic (exact) mass is 280 g/mol. The summed E-state index contributed by atoms with van der Waals surface area (Å²) < 4.78 is 1.75. The molecule has 0 amide bonds. The highest BCUT2D eigenvalue weighted by Gasteiger charge is 2.08. The molecule has 116 valence electrons. The van der Waals surface area contributed by atoms with Crippen molar-refractivity contribution in [2.45, 2.75) is 83.7 Å². The van der Waals surface area contributed by atoms with Crippen molar-refractivity contribution in [3.05, 3.63) is 18.0 Å². The third-order valence-electron chi connectivity index (χ3n) is 3.94. The van der Waals surface area contributed by atoms with E-state index in [1.54, 1.807) is 10.9 Å². The summed E-state index contributed by atoms with van der Waals surface area (Å²) in [5, 5.41) is 14.1. The van der Waals surface area contributed by atoms with Gasteiger partial charge in [-0.15, -0.1) is 0 Å². The summed E-state index contributed by atoms with van der Waals surface area (Å²) in [6, 6.07) is 0. The van der Waals surface area contributed by atoms with E-state index in [9.17, 15) is 5.11 Å². The van der Waals surface area contributed by atoms with E-state index in [2.05, 4.69) is 12.0 Å². The summed E-state index contributed by atoms with van der Waals surface area (Å²) in [6.07, 6.45) is 17.6. The Morgan fingerprint density at radius 2 is 1.55 bits per heavy atom. The first-order chi connectivity index (χ1) is 9.74. The smallest absolute Gasteiger partial charge is 0.0820 e. The maximum absolute atomic E-state index is 10.0. The first-order valence-electron chi connectivity index (χ1n) is 8.40. The molecule has 0 aromatic carbocycles. The van der Waals surface area contributed by atoms with Gasteiger partial charge in [-0.3, -0.25) is 4.68 Å². The van der Waals surface area contributed by atoms with E-state index < -0.39 is 0 Å². The zero-order chi connectivity index (χ0) is 14.6. The molecule has 0 aliphatic rings. The lowest BCUT2D eigenvalue weighted by molar-refractivity contribution is 0.163. The largest absolute Gasteiger partial charge is 0.388 e. The second-order valence-electron chi connectivity index (χ2n) is 5.93. The van der Waals surface area contributed by atoms with Gasteiger partial charge in [0.1, 0.15) is 0 Å². The van der Waals surface area contributed by atoms with Crippen molar-refractivity contribution in [1.82, 2.24) is 9.78 Å². The Labute approximate surface area is 124 Å². The van der Waals surface area contributed by atoms with Gasteiger partial charge in [-0.2, -0.15) is 5.10 Å². The average Bonchev–Trinajstić information content (AvgIpc) is 2.87. The molecule has 0 saturated heterocycles. The molecule has 1 aromatic rings. The first kappa shape index (κ1) is 17.2. The fraction of sp³-hybridized carbons (Fsp3) is 0.824. The van der Waals surface area contributed by atoms with Gasteiger partial charge in [0.25, 0.3) is 0 Å². The number of aryl methyl sites for hydroxylation is 1. The molecular formula is C17H32N2O. The molecule has 3 heteroatoms. The molecule has 1 aromatic heterocycles. The van der Waals surface area contributed by atoms with E-state index in [0.29, 0.717) is 0 Å². The van der Waals surface area contributed by atoms with Gasteiger partial charge >= 0.3 is 0 Å². The number of hydrogen-bond donors (Lipinski definition) is 1. The van der Waals surface area contributed by atoms with Crippen molar-refractivity contribution in [1.29, 1.82) is 0 Å². The van der Waals surface area contributed by atoms with Crippen LogP contribution in [0, 0.1) is 0 Å². The zero-order valence-corrected chi connectivity index (χ0v) is 13.4. The number of nitrogens with zero attached hydrogens (tertiary/aromatic N) is 2. The third kappa shape index (κ3) is 7.68. The van der Waals surface area contributed by atoms with Crippen LogP contribution < -0.4 is 0 Å². The van der Waals surface area contributed by atoms with Gasteiger partial charge in [0.15, 0.2) is 0 Å². The van der Waals surface area contributed by atoms with Gasteiger partial charge < -0.3 is 5.11 Å². The molecule has 0 spiro atoms. The minimum Gasteiger partial charge on any atom is -0.388 e. The molecule has 0 bridgehead atoms. The second-order valence-corrected chi connectivity index (χ2v) is 5.93. The van der Waals surface area contributed by atoms with E-state index in [4.69, 9.17) is 0 Å². The van der Waals surface area contributed by atoms with Crippen LogP contribution in [0.25, 0.3) is 0 Å². The standard InChI is InChI=1S/C17H32N2O/c1-3-4-5-6-7-8-9-10-11-12-13-17(20)16-14-18-19(2)15-16/h14-15,17,20H,3-13H2,1-2H3. The number of unbranched alkanes of at least 4 members (excludes halogenated alkanes) is 9. The SMILES string of the molecule is CCCCCCCCCCCCC(O)c1cnn(C)c1. The molecular weight excluding hydrogens is 248 g/mol. The Bertz CT molecular complexity index is 335. The lowest BCUT2D eigenvalue weighted by Crippen LogP contribution is -1.96. The lowest BCUT2D eigenvalue weighted by Gasteiger charge is -2.07. The topological polar surface area (TPSA) is 38.1 Å². The number of hydrogen-bond acceptors (Lipinski definition) is 2. The summed E-state index contributed by atoms with van der Waals surface area (Å²) in [4.78, 5) is 0. The fourth-order valence-electron chi connectivity index (χ4n) is 2.60. The Kier molecular flexibility index (Phi) is 9.38. The highest BCUT2D eigenvalue weighted by atomic mass is 16.3. The van der Waals surface area contributed by atoms with Gasteiger partial charge in [-0.05, 0) is 6.42 Å². The van der Waals surface area contributed by atoms with Crippen LogP contribution in [0.1, 0.15) is 89.2 Å². The summed E-state index contributed by atoms with van der Waals surface area (Å²) in [6.45, 7) is 2.26. The average molecular weight is 280 g/mol. The molecule has 1 rings (SSSR count). The molecule has 20 heavy (non-hydrogen) atoms. The summed E-state index contributed by atoms with van der Waals surface area (Å²) in [5.41, 5.74) is 0.948. The molecule has 0 saturated carbocycles. The Hall–Kier alpha value is -0.830. The Morgan fingerprint density at radius 1 is 1.00 bits per heavy atom. The van der Waals surface area contributed by atoms with Gasteiger partial charge in [0.05, 0.1) is 12.3 Å². The molecule has 1 atom stereocenters. The first-order valence-corrected chi connectivity index (χ1v) is 8.40. The maximum atomic E-state index is 10.0. The molecule has 1 heterocycles. The molecule has 3 nitrogen and oxygen atoms in total. The van der Waals surface area contributed by atoms with Crippen LogP contribution in [0.15, 0.2) is 12.4 Å². The van der Waals surface area contributed by atoms with Crippen molar-refractivity contribution in [2.75, 3.05) is 0 Å². The van der Waals surface area contributed by atoms with Crippen LogP contribution in [0.4, 0.5) is 0 Å². The molecule has 0 radical (unpaired) electrons. The van der Waals surface area contributed by atoms with Crippen LogP contribution in [0.5, 0.6) is 0 Å². The molecule has 0 aliphatic carbocycles. The van der Waals surface area contributed by atoms with E-state index in [0.717, 1.165) is 18.4 Å². The van der Waals surface area contributed by atoms with Crippen molar-refractivity contribution < 1.29 is 5.11 Å². The number of aromatic nitrogens is 2. The van der Waals surface area contributed by atoms with Gasteiger partial charge in [-0.25, -0.2) is 0 Å². The molecule has 1 N–H and O–H groups in total. The minimum atomic E-state index is -0.335. The van der Waals surface area contributed by atoms with Crippen molar-refractivity contribution in [2.24, 2.45) is 7.05 Å². The van der Waals surface area contributed by atoms with Gasteiger partial charge in [-0.1, -0.05) is 71.1 Å². The number of rotatable bonds is 12. The molecule has 0 fully saturated rings. The van der Waals surface area contributed by atoms with Crippen molar-refractivity contribution >= 4 is 0 Å². The summed E-state index contributed by atoms with van der Waals surface area (Å²) in [7, 11) is 1.89. The van der Waals surface area contributed by atoms with Crippen LogP contribution in [-0.2, 0) is 7.05 Å². The van der Waals surface area contributed by atoms with E-state index in [-0.39, 0.29) is 6.10 Å². The van der Waals surface area contributed by atoms with E-state index in [1.165, 1.54) is 57.8 Å². The minimum absolute atomic E-state index is 0.335. The van der Waals surface area contributed by atoms with Crippen molar-refractivity contribution in [3.8, 4) is 0 Å². The predicted octanol–water partition coefficient (Wildman–Crippen LogP) is 4.76. The summed E-state index contributed by atoms with van der Waals surface area (Å²) in [5.74, 6) is 0. The van der Waals surface area contributed by atoms with Crippen LogP contribution in [0.3, 0.4) is 0 Å². The van der Waals surface area contributed by atoms with E-state index in [1.807, 2.05) is 13.2 Å². The normalized spacial score (nSPS) is 12.8. The highest BCUT2D eigenvalue weighted by molar-refractivity contribution is 5.07. The fourth-order valence-corrected chi connectivity index (χ4v) is 2.60. The highest BCUT2D eigenvalue weighted by Crippen LogP contribution is 2.19. The van der Waals surface area contributed by atoms with Gasteiger partial charge in [0.2, 0.25) is 0 Å². The molecule has 1 unspecified atom stereocenters. The quantitative estimate of drug-likeness (QED) is 0.560. The Balaban J connectivity index is 1.89. The predicted molar refractivity (Wildman–Crippen MR) is 84.6 cm³/mol. The Morgan fingerprint density at radius 3 is 2.05 bits per heavy atom. The lowest BCUT2D eigenvalue weighted by atomic mass is 10.0. The zero-order valence-electron chi connectivity index (χ0n) is 13.4.